The molecule has 25 heavy (non-hydrogen) atoms. The Kier molecular flexibility index (Phi) is 5.35. The summed E-state index contributed by atoms with van der Waals surface area (Å²) in [6, 6.07) is 7.97. The van der Waals surface area contributed by atoms with Gasteiger partial charge in [0, 0.05) is 17.1 Å². The van der Waals surface area contributed by atoms with Crippen molar-refractivity contribution in [3.05, 3.63) is 35.5 Å². The van der Waals surface area contributed by atoms with Crippen LogP contribution in [0.4, 0.5) is 5.82 Å². The smallest absolute Gasteiger partial charge is 0.239 e. The van der Waals surface area contributed by atoms with E-state index in [0.717, 1.165) is 39.4 Å². The summed E-state index contributed by atoms with van der Waals surface area (Å²) in [5.74, 6) is 0.515. The maximum Gasteiger partial charge on any atom is 0.239 e. The first kappa shape index (κ1) is 17.4. The number of aryl methyl sites for hydroxylation is 1. The van der Waals surface area contributed by atoms with Gasteiger partial charge >= 0.3 is 0 Å². The van der Waals surface area contributed by atoms with Gasteiger partial charge in [0.2, 0.25) is 5.91 Å². The van der Waals surface area contributed by atoms with E-state index < -0.39 is 0 Å². The summed E-state index contributed by atoms with van der Waals surface area (Å²) in [5.41, 5.74) is 1.02. The van der Waals surface area contributed by atoms with Crippen molar-refractivity contribution in [3.8, 4) is 10.6 Å². The third-order valence-electron chi connectivity index (χ3n) is 4.02. The minimum absolute atomic E-state index is 0.0496. The molecule has 0 radical (unpaired) electrons. The van der Waals surface area contributed by atoms with E-state index in [9.17, 15) is 4.79 Å². The van der Waals surface area contributed by atoms with E-state index in [1.807, 2.05) is 39.0 Å². The number of likely N-dealkylation sites (N-methyl/N-ethyl adjacent to an activating group) is 1. The first-order valence-electron chi connectivity index (χ1n) is 8.31. The van der Waals surface area contributed by atoms with E-state index in [-0.39, 0.29) is 5.91 Å². The van der Waals surface area contributed by atoms with Crippen molar-refractivity contribution >= 4 is 33.8 Å². The molecular formula is C18H21N5OS. The van der Waals surface area contributed by atoms with E-state index in [2.05, 4.69) is 31.5 Å². The first-order chi connectivity index (χ1) is 12.1. The van der Waals surface area contributed by atoms with Crippen LogP contribution in [-0.4, -0.2) is 45.6 Å². The van der Waals surface area contributed by atoms with Crippen LogP contribution in [0.15, 0.2) is 30.5 Å². The molecule has 0 bridgehead atoms. The van der Waals surface area contributed by atoms with Crippen LogP contribution in [0.5, 0.6) is 0 Å². The van der Waals surface area contributed by atoms with E-state index in [4.69, 9.17) is 0 Å². The lowest BCUT2D eigenvalue weighted by molar-refractivity contribution is -0.117. The molecule has 0 aliphatic carbocycles. The molecule has 2 aromatic heterocycles. The Morgan fingerprint density at radius 1 is 1.16 bits per heavy atom. The van der Waals surface area contributed by atoms with Crippen LogP contribution in [-0.2, 0) is 4.79 Å². The molecule has 1 amide bonds. The van der Waals surface area contributed by atoms with Gasteiger partial charge in [-0.05, 0) is 37.5 Å². The fourth-order valence-electron chi connectivity index (χ4n) is 2.59. The molecule has 130 valence electrons. The number of anilines is 1. The standard InChI is InChI=1S/C18H21N5OS/c1-4-23(5-2)11-17(24)20-16-9-15-8-13(6-7-14(15)10-19-16)18-22-21-12(3)25-18/h6-10H,4-5,11H2,1-3H3,(H,19,20,24). The number of fused-ring (bicyclic) bond motifs is 1. The fourth-order valence-corrected chi connectivity index (χ4v) is 3.28. The van der Waals surface area contributed by atoms with Gasteiger partial charge in [0.1, 0.15) is 15.8 Å². The first-order valence-corrected chi connectivity index (χ1v) is 9.13. The van der Waals surface area contributed by atoms with E-state index in [0.29, 0.717) is 12.4 Å². The highest BCUT2D eigenvalue weighted by Crippen LogP contribution is 2.27. The third kappa shape index (κ3) is 4.18. The second-order valence-electron chi connectivity index (χ2n) is 5.77. The average Bonchev–Trinajstić information content (AvgIpc) is 3.05. The molecule has 0 aliphatic rings. The zero-order valence-corrected chi connectivity index (χ0v) is 15.4. The van der Waals surface area contributed by atoms with Gasteiger partial charge in [0.15, 0.2) is 0 Å². The van der Waals surface area contributed by atoms with Crippen molar-refractivity contribution in [2.75, 3.05) is 25.0 Å². The van der Waals surface area contributed by atoms with E-state index in [1.165, 1.54) is 0 Å². The molecule has 2 heterocycles. The highest BCUT2D eigenvalue weighted by Gasteiger charge is 2.10. The highest BCUT2D eigenvalue weighted by atomic mass is 32.1. The minimum atomic E-state index is -0.0496. The van der Waals surface area contributed by atoms with Crippen molar-refractivity contribution in [2.45, 2.75) is 20.8 Å². The molecular weight excluding hydrogens is 334 g/mol. The molecule has 3 rings (SSSR count). The van der Waals surface area contributed by atoms with Gasteiger partial charge in [-0.2, -0.15) is 0 Å². The van der Waals surface area contributed by atoms with E-state index in [1.54, 1.807) is 17.5 Å². The van der Waals surface area contributed by atoms with Crippen LogP contribution in [0, 0.1) is 6.92 Å². The van der Waals surface area contributed by atoms with Gasteiger partial charge in [0.05, 0.1) is 6.54 Å². The quantitative estimate of drug-likeness (QED) is 0.734. The van der Waals surface area contributed by atoms with Crippen molar-refractivity contribution in [3.63, 3.8) is 0 Å². The second-order valence-corrected chi connectivity index (χ2v) is 6.95. The number of amides is 1. The number of benzene rings is 1. The summed E-state index contributed by atoms with van der Waals surface area (Å²) in [6.07, 6.45) is 1.78. The molecule has 0 unspecified atom stereocenters. The van der Waals surface area contributed by atoms with Crippen molar-refractivity contribution in [1.82, 2.24) is 20.1 Å². The number of rotatable bonds is 6. The maximum atomic E-state index is 12.2. The fraction of sp³-hybridized carbons (Fsp3) is 0.333. The molecule has 0 aliphatic heterocycles. The topological polar surface area (TPSA) is 71.0 Å². The number of aromatic nitrogens is 3. The van der Waals surface area contributed by atoms with Crippen LogP contribution in [0.25, 0.3) is 21.3 Å². The SMILES string of the molecule is CCN(CC)CC(=O)Nc1cc2cc(-c3nnc(C)s3)ccc2cn1. The lowest BCUT2D eigenvalue weighted by Crippen LogP contribution is -2.33. The van der Waals surface area contributed by atoms with Crippen molar-refractivity contribution < 1.29 is 4.79 Å². The molecule has 1 aromatic carbocycles. The van der Waals surface area contributed by atoms with Gasteiger partial charge in [-0.1, -0.05) is 37.3 Å². The number of hydrogen-bond acceptors (Lipinski definition) is 6. The molecule has 0 spiro atoms. The molecule has 0 saturated heterocycles. The Hall–Kier alpha value is -2.38. The van der Waals surface area contributed by atoms with Crippen LogP contribution in [0.1, 0.15) is 18.9 Å². The van der Waals surface area contributed by atoms with Crippen LogP contribution in [0.3, 0.4) is 0 Å². The summed E-state index contributed by atoms with van der Waals surface area (Å²) in [5, 5.41) is 15.0. The lowest BCUT2D eigenvalue weighted by Gasteiger charge is -2.17. The second kappa shape index (κ2) is 7.67. The average molecular weight is 355 g/mol. The number of nitrogens with zero attached hydrogens (tertiary/aromatic N) is 4. The summed E-state index contributed by atoms with van der Waals surface area (Å²) >= 11 is 1.56. The third-order valence-corrected chi connectivity index (χ3v) is 4.91. The van der Waals surface area contributed by atoms with Crippen molar-refractivity contribution in [1.29, 1.82) is 0 Å². The number of pyridine rings is 1. The van der Waals surface area contributed by atoms with Gasteiger partial charge in [-0.15, -0.1) is 10.2 Å². The molecule has 0 atom stereocenters. The number of nitrogens with one attached hydrogen (secondary N) is 1. The summed E-state index contributed by atoms with van der Waals surface area (Å²) in [7, 11) is 0. The summed E-state index contributed by atoms with van der Waals surface area (Å²) in [4.78, 5) is 18.6. The van der Waals surface area contributed by atoms with Crippen LogP contribution < -0.4 is 5.32 Å². The van der Waals surface area contributed by atoms with Gasteiger partial charge in [-0.3, -0.25) is 9.69 Å². The van der Waals surface area contributed by atoms with E-state index >= 15 is 0 Å². The number of carbonyl (C=O) groups excluding carboxylic acids is 1. The Morgan fingerprint density at radius 3 is 2.64 bits per heavy atom. The molecule has 6 nitrogen and oxygen atoms in total. The van der Waals surface area contributed by atoms with Gasteiger partial charge in [-0.25, -0.2) is 4.98 Å². The summed E-state index contributed by atoms with van der Waals surface area (Å²) < 4.78 is 0. The van der Waals surface area contributed by atoms with Gasteiger partial charge < -0.3 is 5.32 Å². The molecule has 1 N–H and O–H groups in total. The largest absolute Gasteiger partial charge is 0.310 e. The van der Waals surface area contributed by atoms with Gasteiger partial charge in [0.25, 0.3) is 0 Å². The van der Waals surface area contributed by atoms with Crippen LogP contribution in [0.2, 0.25) is 0 Å². The Bertz CT molecular complexity index is 888. The number of carbonyl (C=O) groups is 1. The number of hydrogen-bond donors (Lipinski definition) is 1. The molecule has 7 heteroatoms. The maximum absolute atomic E-state index is 12.2. The molecule has 0 fully saturated rings. The predicted molar refractivity (Wildman–Crippen MR) is 102 cm³/mol. The molecule has 3 aromatic rings. The normalized spacial score (nSPS) is 11.2. The zero-order valence-electron chi connectivity index (χ0n) is 14.6. The lowest BCUT2D eigenvalue weighted by atomic mass is 10.1. The summed E-state index contributed by atoms with van der Waals surface area (Å²) in [6.45, 7) is 8.09. The Labute approximate surface area is 150 Å². The highest BCUT2D eigenvalue weighted by molar-refractivity contribution is 7.14. The Balaban J connectivity index is 1.82. The molecule has 0 saturated carbocycles. The monoisotopic (exact) mass is 355 g/mol. The zero-order chi connectivity index (χ0) is 17.8. The predicted octanol–water partition coefficient (Wildman–Crippen LogP) is 3.34. The minimum Gasteiger partial charge on any atom is -0.310 e. The Morgan fingerprint density at radius 2 is 1.96 bits per heavy atom. The van der Waals surface area contributed by atoms with Crippen LogP contribution >= 0.6 is 11.3 Å². The van der Waals surface area contributed by atoms with Crippen molar-refractivity contribution in [2.24, 2.45) is 0 Å².